The van der Waals surface area contributed by atoms with Gasteiger partial charge in [-0.2, -0.15) is 4.98 Å². The Balaban J connectivity index is 2.15. The third kappa shape index (κ3) is 2.81. The first kappa shape index (κ1) is 12.4. The van der Waals surface area contributed by atoms with Gasteiger partial charge in [0.25, 0.3) is 0 Å². The van der Waals surface area contributed by atoms with Crippen molar-refractivity contribution in [2.24, 2.45) is 0 Å². The van der Waals surface area contributed by atoms with Gasteiger partial charge in [-0.3, -0.25) is 0 Å². The van der Waals surface area contributed by atoms with E-state index in [1.807, 2.05) is 12.1 Å². The predicted molar refractivity (Wildman–Crippen MR) is 71.8 cm³/mol. The van der Waals surface area contributed by atoms with Gasteiger partial charge >= 0.3 is 0 Å². The van der Waals surface area contributed by atoms with Gasteiger partial charge in [-0.15, -0.1) is 0 Å². The number of halogens is 1. The van der Waals surface area contributed by atoms with E-state index in [1.54, 1.807) is 25.4 Å². The third-order valence-corrected chi connectivity index (χ3v) is 2.75. The Morgan fingerprint density at radius 3 is 2.94 bits per heavy atom. The molecule has 2 rings (SSSR count). The lowest BCUT2D eigenvalue weighted by atomic mass is 10.2. The Bertz CT molecular complexity index is 547. The number of nitrogens with zero attached hydrogens (tertiary/aromatic N) is 2. The Morgan fingerprint density at radius 1 is 1.39 bits per heavy atom. The highest BCUT2D eigenvalue weighted by molar-refractivity contribution is 6.31. The lowest BCUT2D eigenvalue weighted by Gasteiger charge is -2.11. The zero-order valence-electron chi connectivity index (χ0n) is 9.85. The highest BCUT2D eigenvalue weighted by atomic mass is 35.5. The Hall–Kier alpha value is -2.01. The Kier molecular flexibility index (Phi) is 3.84. The second kappa shape index (κ2) is 5.55. The number of hydrogen-bond acceptors (Lipinski definition) is 5. The number of nitrogens with one attached hydrogen (secondary N) is 1. The number of rotatable bonds is 4. The molecule has 5 nitrogen and oxygen atoms in total. The largest absolute Gasteiger partial charge is 0.496 e. The SMILES string of the molecule is COc1cccc(Cl)c1CNc1nccc(N)n1. The minimum Gasteiger partial charge on any atom is -0.496 e. The molecule has 6 heteroatoms. The first-order valence-electron chi connectivity index (χ1n) is 5.34. The Morgan fingerprint density at radius 2 is 2.22 bits per heavy atom. The first-order chi connectivity index (χ1) is 8.70. The molecule has 94 valence electrons. The average Bonchev–Trinajstić information content (AvgIpc) is 2.37. The topological polar surface area (TPSA) is 73.1 Å². The van der Waals surface area contributed by atoms with Crippen molar-refractivity contribution >= 4 is 23.4 Å². The monoisotopic (exact) mass is 264 g/mol. The van der Waals surface area contributed by atoms with Crippen molar-refractivity contribution in [1.82, 2.24) is 9.97 Å². The van der Waals surface area contributed by atoms with Crippen LogP contribution in [0, 0.1) is 0 Å². The van der Waals surface area contributed by atoms with Crippen LogP contribution in [0.1, 0.15) is 5.56 Å². The quantitative estimate of drug-likeness (QED) is 0.887. The molecule has 0 spiro atoms. The maximum absolute atomic E-state index is 6.12. The molecule has 0 aliphatic carbocycles. The molecule has 0 bridgehead atoms. The lowest BCUT2D eigenvalue weighted by Crippen LogP contribution is -2.06. The van der Waals surface area contributed by atoms with E-state index < -0.39 is 0 Å². The molecule has 0 saturated heterocycles. The van der Waals surface area contributed by atoms with Crippen molar-refractivity contribution in [2.75, 3.05) is 18.2 Å². The maximum Gasteiger partial charge on any atom is 0.224 e. The van der Waals surface area contributed by atoms with Crippen LogP contribution in [0.4, 0.5) is 11.8 Å². The zero-order valence-corrected chi connectivity index (χ0v) is 10.6. The highest BCUT2D eigenvalue weighted by Crippen LogP contribution is 2.26. The zero-order chi connectivity index (χ0) is 13.0. The summed E-state index contributed by atoms with van der Waals surface area (Å²) in [5, 5.41) is 3.68. The molecule has 0 amide bonds. The number of benzene rings is 1. The molecule has 0 radical (unpaired) electrons. The molecular formula is C12H13ClN4O. The number of ether oxygens (including phenoxy) is 1. The summed E-state index contributed by atoms with van der Waals surface area (Å²) in [4.78, 5) is 8.10. The first-order valence-corrected chi connectivity index (χ1v) is 5.72. The van der Waals surface area contributed by atoms with Crippen LogP contribution < -0.4 is 15.8 Å². The second-order valence-electron chi connectivity index (χ2n) is 3.58. The third-order valence-electron chi connectivity index (χ3n) is 2.40. The molecule has 0 saturated carbocycles. The minimum absolute atomic E-state index is 0.415. The van der Waals surface area contributed by atoms with Crippen molar-refractivity contribution in [3.05, 3.63) is 41.0 Å². The Labute approximate surface area is 110 Å². The van der Waals surface area contributed by atoms with Crippen LogP contribution in [0.3, 0.4) is 0 Å². The number of nitrogen functional groups attached to an aromatic ring is 1. The fourth-order valence-electron chi connectivity index (χ4n) is 1.53. The molecule has 2 aromatic rings. The smallest absolute Gasteiger partial charge is 0.224 e. The van der Waals surface area contributed by atoms with Crippen molar-refractivity contribution < 1.29 is 4.74 Å². The summed E-state index contributed by atoms with van der Waals surface area (Å²) >= 11 is 6.12. The van der Waals surface area contributed by atoms with Crippen LogP contribution >= 0.6 is 11.6 Å². The number of aromatic nitrogens is 2. The van der Waals surface area contributed by atoms with Crippen molar-refractivity contribution in [3.63, 3.8) is 0 Å². The van der Waals surface area contributed by atoms with E-state index in [4.69, 9.17) is 22.1 Å². The predicted octanol–water partition coefficient (Wildman–Crippen LogP) is 2.33. The summed E-state index contributed by atoms with van der Waals surface area (Å²) in [6.07, 6.45) is 1.59. The molecule has 0 unspecified atom stereocenters. The van der Waals surface area contributed by atoms with Gasteiger partial charge < -0.3 is 15.8 Å². The van der Waals surface area contributed by atoms with Crippen LogP contribution in [-0.2, 0) is 6.54 Å². The molecule has 0 aliphatic rings. The maximum atomic E-state index is 6.12. The second-order valence-corrected chi connectivity index (χ2v) is 3.99. The summed E-state index contributed by atoms with van der Waals surface area (Å²) < 4.78 is 5.25. The number of anilines is 2. The molecule has 18 heavy (non-hydrogen) atoms. The number of methoxy groups -OCH3 is 1. The van der Waals surface area contributed by atoms with E-state index >= 15 is 0 Å². The molecule has 0 aliphatic heterocycles. The van der Waals surface area contributed by atoms with Gasteiger partial charge in [0.2, 0.25) is 5.95 Å². The lowest BCUT2D eigenvalue weighted by molar-refractivity contribution is 0.410. The highest BCUT2D eigenvalue weighted by Gasteiger charge is 2.07. The van der Waals surface area contributed by atoms with Gasteiger partial charge in [-0.1, -0.05) is 17.7 Å². The molecule has 3 N–H and O–H groups in total. The van der Waals surface area contributed by atoms with E-state index in [1.165, 1.54) is 0 Å². The molecular weight excluding hydrogens is 252 g/mol. The van der Waals surface area contributed by atoms with Crippen LogP contribution in [0.25, 0.3) is 0 Å². The van der Waals surface area contributed by atoms with E-state index in [-0.39, 0.29) is 0 Å². The van der Waals surface area contributed by atoms with Gasteiger partial charge in [0.05, 0.1) is 7.11 Å². The van der Waals surface area contributed by atoms with E-state index in [0.29, 0.717) is 23.3 Å². The normalized spacial score (nSPS) is 10.1. The summed E-state index contributed by atoms with van der Waals surface area (Å²) in [7, 11) is 1.60. The summed E-state index contributed by atoms with van der Waals surface area (Å²) in [5.41, 5.74) is 6.43. The van der Waals surface area contributed by atoms with Crippen LogP contribution in [0.5, 0.6) is 5.75 Å². The number of hydrogen-bond donors (Lipinski definition) is 2. The standard InChI is InChI=1S/C12H13ClN4O/c1-18-10-4-2-3-9(13)8(10)7-16-12-15-6-5-11(14)17-12/h2-6H,7H2,1H3,(H3,14,15,16,17). The fourth-order valence-corrected chi connectivity index (χ4v) is 1.76. The van der Waals surface area contributed by atoms with E-state index in [0.717, 1.165) is 11.3 Å². The van der Waals surface area contributed by atoms with Gasteiger partial charge in [0.15, 0.2) is 0 Å². The molecule has 0 fully saturated rings. The average molecular weight is 265 g/mol. The van der Waals surface area contributed by atoms with Crippen molar-refractivity contribution in [1.29, 1.82) is 0 Å². The van der Waals surface area contributed by atoms with Gasteiger partial charge in [-0.05, 0) is 18.2 Å². The summed E-state index contributed by atoms with van der Waals surface area (Å²) in [5.74, 6) is 1.59. The van der Waals surface area contributed by atoms with Crippen LogP contribution in [0.15, 0.2) is 30.5 Å². The summed E-state index contributed by atoms with van der Waals surface area (Å²) in [6, 6.07) is 7.12. The van der Waals surface area contributed by atoms with E-state index in [2.05, 4.69) is 15.3 Å². The number of nitrogens with two attached hydrogens (primary N) is 1. The molecule has 1 heterocycles. The van der Waals surface area contributed by atoms with Gasteiger partial charge in [0.1, 0.15) is 11.6 Å². The van der Waals surface area contributed by atoms with Gasteiger partial charge in [-0.25, -0.2) is 4.98 Å². The van der Waals surface area contributed by atoms with Crippen molar-refractivity contribution in [3.8, 4) is 5.75 Å². The minimum atomic E-state index is 0.415. The fraction of sp³-hybridized carbons (Fsp3) is 0.167. The van der Waals surface area contributed by atoms with Crippen LogP contribution in [-0.4, -0.2) is 17.1 Å². The molecule has 0 atom stereocenters. The van der Waals surface area contributed by atoms with Gasteiger partial charge in [0, 0.05) is 23.3 Å². The molecule has 1 aromatic carbocycles. The van der Waals surface area contributed by atoms with Crippen molar-refractivity contribution in [2.45, 2.75) is 6.54 Å². The van der Waals surface area contributed by atoms with E-state index in [9.17, 15) is 0 Å². The summed E-state index contributed by atoms with van der Waals surface area (Å²) in [6.45, 7) is 0.465. The molecule has 1 aromatic heterocycles. The van der Waals surface area contributed by atoms with Crippen LogP contribution in [0.2, 0.25) is 5.02 Å².